The molecular weight excluding hydrogens is 595 g/mol. The first-order valence-electron chi connectivity index (χ1n) is 14.1. The number of esters is 4. The maximum Gasteiger partial charge on any atom is 0.325 e. The molecule has 0 N–H and O–H groups in total. The zero-order valence-electron chi connectivity index (χ0n) is 27.0. The highest BCUT2D eigenvalue weighted by Gasteiger charge is 2.22. The number of carbonyl (C=O) groups excluding carboxylic acids is 5. The molecule has 0 aliphatic heterocycles. The number of aldehydes is 1. The molecule has 0 bridgehead atoms. The third-order valence-electron chi connectivity index (χ3n) is 5.51. The van der Waals surface area contributed by atoms with Crippen molar-refractivity contribution >= 4 is 41.5 Å². The third-order valence-corrected chi connectivity index (χ3v) is 5.51. The van der Waals surface area contributed by atoms with Crippen molar-refractivity contribution in [1.82, 2.24) is 0 Å². The Hall–Kier alpha value is -4.88. The molecule has 0 aromatic heterocycles. The summed E-state index contributed by atoms with van der Waals surface area (Å²) in [6.07, 6.45) is 0.592. The van der Waals surface area contributed by atoms with Crippen molar-refractivity contribution in [2.24, 2.45) is 0 Å². The lowest BCUT2D eigenvalue weighted by atomic mass is 10.2. The van der Waals surface area contributed by atoms with Crippen LogP contribution in [0, 0.1) is 5.82 Å². The van der Waals surface area contributed by atoms with Gasteiger partial charge in [0.25, 0.3) is 0 Å². The summed E-state index contributed by atoms with van der Waals surface area (Å²) in [5.74, 6) is -3.07. The molecule has 0 unspecified atom stereocenters. The van der Waals surface area contributed by atoms with Gasteiger partial charge in [-0.05, 0) is 30.3 Å². The van der Waals surface area contributed by atoms with Crippen LogP contribution in [0.3, 0.4) is 0 Å². The van der Waals surface area contributed by atoms with Gasteiger partial charge in [-0.3, -0.25) is 24.0 Å². The summed E-state index contributed by atoms with van der Waals surface area (Å²) < 4.78 is 44.5. The Labute approximate surface area is 263 Å². The molecule has 14 heteroatoms. The fourth-order valence-corrected chi connectivity index (χ4v) is 3.48. The van der Waals surface area contributed by atoms with Crippen molar-refractivity contribution in [3.63, 3.8) is 0 Å². The van der Waals surface area contributed by atoms with Crippen LogP contribution in [0.25, 0.3) is 0 Å². The molecule has 0 fully saturated rings. The lowest BCUT2D eigenvalue weighted by molar-refractivity contribution is -0.141. The highest BCUT2D eigenvalue weighted by molar-refractivity contribution is 5.85. The molecule has 2 aromatic rings. The molecule has 2 aromatic carbocycles. The molecule has 0 radical (unpaired) electrons. The van der Waals surface area contributed by atoms with Gasteiger partial charge in [0.05, 0.1) is 39.8 Å². The molecule has 0 saturated carbocycles. The minimum absolute atomic E-state index is 0.00119. The smallest absolute Gasteiger partial charge is 0.325 e. The minimum atomic E-state index is -0.654. The molecule has 0 atom stereocenters. The average molecular weight is 639 g/mol. The molecule has 0 saturated heterocycles. The second-order valence-electron chi connectivity index (χ2n) is 8.17. The first-order chi connectivity index (χ1) is 21.6. The van der Waals surface area contributed by atoms with Crippen LogP contribution in [0.5, 0.6) is 11.5 Å². The van der Waals surface area contributed by atoms with Crippen molar-refractivity contribution in [2.45, 2.75) is 27.7 Å². The van der Waals surface area contributed by atoms with Crippen LogP contribution in [0.4, 0.5) is 15.8 Å². The number of ether oxygens (including phenoxy) is 6. The number of rotatable bonds is 16. The topological polar surface area (TPSA) is 147 Å². The predicted molar refractivity (Wildman–Crippen MR) is 164 cm³/mol. The van der Waals surface area contributed by atoms with Crippen LogP contribution in [-0.2, 0) is 38.1 Å². The van der Waals surface area contributed by atoms with Crippen molar-refractivity contribution in [2.75, 3.05) is 77.6 Å². The summed E-state index contributed by atoms with van der Waals surface area (Å²) >= 11 is 0. The Bertz CT molecular complexity index is 1200. The van der Waals surface area contributed by atoms with Gasteiger partial charge >= 0.3 is 23.9 Å². The van der Waals surface area contributed by atoms with Gasteiger partial charge in [0, 0.05) is 11.6 Å². The van der Waals surface area contributed by atoms with Gasteiger partial charge in [-0.15, -0.1) is 0 Å². The lowest BCUT2D eigenvalue weighted by Crippen LogP contribution is -2.36. The molecule has 2 rings (SSSR count). The molecular formula is C31H43FN2O11. The number of halogens is 1. The zero-order chi connectivity index (χ0) is 34.4. The van der Waals surface area contributed by atoms with Crippen LogP contribution in [0.2, 0.25) is 0 Å². The van der Waals surface area contributed by atoms with Gasteiger partial charge in [0.15, 0.2) is 0 Å². The monoisotopic (exact) mass is 638 g/mol. The van der Waals surface area contributed by atoms with Crippen LogP contribution >= 0.6 is 0 Å². The van der Waals surface area contributed by atoms with E-state index in [4.69, 9.17) is 18.9 Å². The van der Waals surface area contributed by atoms with Gasteiger partial charge in [0.1, 0.15) is 63.0 Å². The van der Waals surface area contributed by atoms with Crippen molar-refractivity contribution in [1.29, 1.82) is 0 Å². The molecule has 0 aliphatic rings. The Morgan fingerprint density at radius 3 is 1.33 bits per heavy atom. The minimum Gasteiger partial charge on any atom is -0.488 e. The Kier molecular flexibility index (Phi) is 20.2. The Balaban J connectivity index is 0.00000464. The zero-order valence-corrected chi connectivity index (χ0v) is 27.0. The van der Waals surface area contributed by atoms with Gasteiger partial charge in [-0.25, -0.2) is 4.39 Å². The predicted octanol–water partition coefficient (Wildman–Crippen LogP) is 3.45. The van der Waals surface area contributed by atoms with E-state index in [2.05, 4.69) is 9.47 Å². The number of hydrogen-bond acceptors (Lipinski definition) is 13. The molecule has 0 heterocycles. The van der Waals surface area contributed by atoms with Gasteiger partial charge in [-0.1, -0.05) is 27.7 Å². The van der Waals surface area contributed by atoms with E-state index in [0.717, 1.165) is 12.1 Å². The van der Waals surface area contributed by atoms with Crippen LogP contribution in [0.15, 0.2) is 36.4 Å². The summed E-state index contributed by atoms with van der Waals surface area (Å²) in [7, 11) is 4.76. The van der Waals surface area contributed by atoms with E-state index in [9.17, 15) is 28.4 Å². The molecule has 0 amide bonds. The van der Waals surface area contributed by atoms with E-state index in [1.165, 1.54) is 62.5 Å². The Morgan fingerprint density at radius 2 is 0.978 bits per heavy atom. The first kappa shape index (κ1) is 40.1. The molecule has 0 spiro atoms. The largest absolute Gasteiger partial charge is 0.488 e. The summed E-state index contributed by atoms with van der Waals surface area (Å²) in [6.45, 7) is 6.39. The molecule has 45 heavy (non-hydrogen) atoms. The summed E-state index contributed by atoms with van der Waals surface area (Å²) in [5.41, 5.74) is 0.766. The van der Waals surface area contributed by atoms with Crippen molar-refractivity contribution in [3.05, 3.63) is 47.8 Å². The maximum absolute atomic E-state index is 14.1. The number of methoxy groups -OCH3 is 4. The summed E-state index contributed by atoms with van der Waals surface area (Å²) in [4.78, 5) is 61.9. The molecule has 13 nitrogen and oxygen atoms in total. The highest BCUT2D eigenvalue weighted by atomic mass is 19.1. The standard InChI is InChI=1S/C27H31FN2O11.2C2H6/c1-36-24(32)13-29(14-25(33)37-2)20-7-5-18(17-31)11-22(20)40-9-10-41-23-12-19(28)6-8-21(23)30(15-26(34)38-3)16-27(35)39-4;2*1-2/h5-8,11-12,17H,9-10,13-16H2,1-4H3;2*1-2H3. The van der Waals surface area contributed by atoms with E-state index in [-0.39, 0.29) is 62.1 Å². The van der Waals surface area contributed by atoms with E-state index in [0.29, 0.717) is 12.0 Å². The average Bonchev–Trinajstić information content (AvgIpc) is 3.07. The number of benzene rings is 2. The van der Waals surface area contributed by atoms with Crippen LogP contribution < -0.4 is 19.3 Å². The quantitative estimate of drug-likeness (QED) is 0.115. The number of nitrogens with zero attached hydrogens (tertiary/aromatic N) is 2. The molecule has 250 valence electrons. The molecule has 0 aliphatic carbocycles. The summed E-state index contributed by atoms with van der Waals surface area (Å²) in [6, 6.07) is 7.92. The first-order valence-corrected chi connectivity index (χ1v) is 14.1. The van der Waals surface area contributed by atoms with Crippen LogP contribution in [0.1, 0.15) is 38.1 Å². The maximum atomic E-state index is 14.1. The number of carbonyl (C=O) groups is 5. The highest BCUT2D eigenvalue weighted by Crippen LogP contribution is 2.31. The van der Waals surface area contributed by atoms with E-state index >= 15 is 0 Å². The second-order valence-corrected chi connectivity index (χ2v) is 8.17. The number of anilines is 2. The second kappa shape index (κ2) is 22.6. The summed E-state index contributed by atoms with van der Waals surface area (Å²) in [5, 5.41) is 0. The van der Waals surface area contributed by atoms with E-state index < -0.39 is 29.7 Å². The van der Waals surface area contributed by atoms with Crippen LogP contribution in [-0.4, -0.2) is 98.0 Å². The normalized spacial score (nSPS) is 9.53. The number of hydrogen-bond donors (Lipinski definition) is 0. The van der Waals surface area contributed by atoms with Crippen molar-refractivity contribution in [3.8, 4) is 11.5 Å². The van der Waals surface area contributed by atoms with Gasteiger partial charge < -0.3 is 38.2 Å². The SMILES string of the molecule is CC.CC.COC(=O)CN(CC(=O)OC)c1ccc(F)cc1OCCOc1cc(C=O)ccc1N(CC(=O)OC)CC(=O)OC. The van der Waals surface area contributed by atoms with Gasteiger partial charge in [0.2, 0.25) is 0 Å². The third kappa shape index (κ3) is 14.0. The van der Waals surface area contributed by atoms with Gasteiger partial charge in [-0.2, -0.15) is 0 Å². The van der Waals surface area contributed by atoms with E-state index in [1.807, 2.05) is 27.7 Å². The van der Waals surface area contributed by atoms with E-state index in [1.54, 1.807) is 0 Å². The lowest BCUT2D eigenvalue weighted by Gasteiger charge is -2.25. The fourth-order valence-electron chi connectivity index (χ4n) is 3.48. The Morgan fingerprint density at radius 1 is 0.622 bits per heavy atom. The van der Waals surface area contributed by atoms with Crippen molar-refractivity contribution < 1.29 is 56.8 Å². The fraction of sp³-hybridized carbons (Fsp3) is 0.452.